The zero-order chi connectivity index (χ0) is 6.97. The van der Waals surface area contributed by atoms with Crippen LogP contribution in [-0.2, 0) is 0 Å². The summed E-state index contributed by atoms with van der Waals surface area (Å²) in [7, 11) is 0. The molecule has 2 heterocycles. The molecule has 0 saturated heterocycles. The molecule has 2 rings (SSSR count). The minimum absolute atomic E-state index is 0.454. The second-order valence-corrected chi connectivity index (χ2v) is 1.83. The number of aromatic nitrogens is 4. The fourth-order valence-corrected chi connectivity index (χ4v) is 0.752. The van der Waals surface area contributed by atoms with E-state index in [1.807, 2.05) is 0 Å². The Morgan fingerprint density at radius 3 is 3.10 bits per heavy atom. The first-order valence-corrected chi connectivity index (χ1v) is 2.69. The monoisotopic (exact) mass is 135 g/mol. The average molecular weight is 135 g/mol. The quantitative estimate of drug-likeness (QED) is 0.514. The third-order valence-electron chi connectivity index (χ3n) is 1.21. The van der Waals surface area contributed by atoms with Gasteiger partial charge in [-0.05, 0) is 0 Å². The summed E-state index contributed by atoms with van der Waals surface area (Å²) in [6, 6.07) is 0. The molecule has 0 fully saturated rings. The van der Waals surface area contributed by atoms with E-state index < -0.39 is 0 Å². The normalized spacial score (nSPS) is 10.4. The van der Waals surface area contributed by atoms with Crippen molar-refractivity contribution < 1.29 is 0 Å². The first-order valence-electron chi connectivity index (χ1n) is 2.69. The summed E-state index contributed by atoms with van der Waals surface area (Å²) >= 11 is 0. The third-order valence-corrected chi connectivity index (χ3v) is 1.21. The molecule has 0 aromatic rings. The second-order valence-electron chi connectivity index (χ2n) is 1.83. The second kappa shape index (κ2) is 1.66. The molecule has 2 aliphatic heterocycles. The Morgan fingerprint density at radius 1 is 1.40 bits per heavy atom. The van der Waals surface area contributed by atoms with Crippen molar-refractivity contribution in [2.45, 2.75) is 0 Å². The Labute approximate surface area is 56.3 Å². The fourth-order valence-electron chi connectivity index (χ4n) is 0.752. The van der Waals surface area contributed by atoms with E-state index in [4.69, 9.17) is 0 Å². The van der Waals surface area contributed by atoms with Gasteiger partial charge in [0.1, 0.15) is 5.69 Å². The Morgan fingerprint density at radius 2 is 2.30 bits per heavy atom. The van der Waals surface area contributed by atoms with Crippen LogP contribution in [0.5, 0.6) is 0 Å². The highest BCUT2D eigenvalue weighted by atomic mass is 16.5. The summed E-state index contributed by atoms with van der Waals surface area (Å²) < 4.78 is 0.634. The molecule has 0 amide bonds. The molecular formula is C5H3N4O-. The smallest absolute Gasteiger partial charge is 0.129 e. The first-order chi connectivity index (χ1) is 4.88. The Balaban J connectivity index is 2.80. The van der Waals surface area contributed by atoms with Gasteiger partial charge in [0.05, 0.1) is 24.4 Å². The van der Waals surface area contributed by atoms with Gasteiger partial charge >= 0.3 is 0 Å². The van der Waals surface area contributed by atoms with Crippen LogP contribution in [0.4, 0.5) is 0 Å². The molecule has 0 aromatic carbocycles. The van der Waals surface area contributed by atoms with Crippen LogP contribution in [0.3, 0.4) is 0 Å². The largest absolute Gasteiger partial charge is 0.804 e. The minimum Gasteiger partial charge on any atom is -0.804 e. The zero-order valence-corrected chi connectivity index (χ0v) is 4.93. The van der Waals surface area contributed by atoms with E-state index in [1.54, 1.807) is 0 Å². The van der Waals surface area contributed by atoms with Crippen LogP contribution >= 0.6 is 0 Å². The number of hydrogen-bond donors (Lipinski definition) is 0. The van der Waals surface area contributed by atoms with Gasteiger partial charge in [-0.3, -0.25) is 0 Å². The molecule has 5 heteroatoms. The van der Waals surface area contributed by atoms with Crippen LogP contribution in [0.2, 0.25) is 0 Å². The highest BCUT2D eigenvalue weighted by Gasteiger charge is 2.03. The molecule has 50 valence electrons. The molecule has 0 atom stereocenters. The molecule has 0 spiro atoms. The molecule has 10 heavy (non-hydrogen) atoms. The highest BCUT2D eigenvalue weighted by Crippen LogP contribution is 2.13. The van der Waals surface area contributed by atoms with Crippen LogP contribution in [0.1, 0.15) is 0 Å². The molecule has 0 saturated carbocycles. The topological polar surface area (TPSA) is 66.7 Å². The predicted octanol–water partition coefficient (Wildman–Crippen LogP) is 0.124. The van der Waals surface area contributed by atoms with Crippen molar-refractivity contribution >= 4 is 0 Å². The molecule has 0 radical (unpaired) electrons. The van der Waals surface area contributed by atoms with Gasteiger partial charge in [-0.25, -0.2) is 4.98 Å². The molecule has 0 N–H and O–H groups in total. The van der Waals surface area contributed by atoms with Gasteiger partial charge in [0.2, 0.25) is 0 Å². The molecule has 0 aliphatic carbocycles. The van der Waals surface area contributed by atoms with Crippen LogP contribution in [0, 0.1) is 5.21 Å². The highest BCUT2D eigenvalue weighted by molar-refractivity contribution is 5.52. The lowest BCUT2D eigenvalue weighted by atomic mass is 10.4. The van der Waals surface area contributed by atoms with Crippen LogP contribution in [-0.4, -0.2) is 19.9 Å². The average Bonchev–Trinajstić information content (AvgIpc) is 2.36. The van der Waals surface area contributed by atoms with Crippen molar-refractivity contribution in [2.24, 2.45) is 0 Å². The first kappa shape index (κ1) is 5.16. The van der Waals surface area contributed by atoms with E-state index in [0.717, 1.165) is 0 Å². The molecule has 0 bridgehead atoms. The van der Waals surface area contributed by atoms with Crippen molar-refractivity contribution in [3.63, 3.8) is 0 Å². The predicted molar refractivity (Wildman–Crippen MR) is 33.2 cm³/mol. The van der Waals surface area contributed by atoms with Crippen molar-refractivity contribution in [1.29, 1.82) is 0 Å². The standard InChI is InChI=1S/C5H3N4O/c10-9-3-6-1-4-5(9)2-7-8-4/h1-3H/q-1. The fraction of sp³-hybridized carbons (Fsp3) is 0. The summed E-state index contributed by atoms with van der Waals surface area (Å²) in [4.78, 5) is 3.63. The lowest BCUT2D eigenvalue weighted by molar-refractivity contribution is 0.994. The maximum Gasteiger partial charge on any atom is 0.129 e. The number of hydrogen-bond acceptors (Lipinski definition) is 4. The molecule has 0 unspecified atom stereocenters. The van der Waals surface area contributed by atoms with Gasteiger partial charge in [-0.1, -0.05) is 0 Å². The van der Waals surface area contributed by atoms with Gasteiger partial charge in [0.15, 0.2) is 0 Å². The van der Waals surface area contributed by atoms with Crippen molar-refractivity contribution in [3.05, 3.63) is 23.9 Å². The summed E-state index contributed by atoms with van der Waals surface area (Å²) in [5, 5.41) is 18.0. The van der Waals surface area contributed by atoms with E-state index in [2.05, 4.69) is 15.2 Å². The van der Waals surface area contributed by atoms with Gasteiger partial charge in [0.25, 0.3) is 0 Å². The van der Waals surface area contributed by atoms with E-state index in [1.165, 1.54) is 18.7 Å². The van der Waals surface area contributed by atoms with Crippen LogP contribution in [0.25, 0.3) is 11.4 Å². The van der Waals surface area contributed by atoms with Gasteiger partial charge < -0.3 is 9.94 Å². The SMILES string of the molecule is [O-]n1cncc2nncc1-2. The lowest BCUT2D eigenvalue weighted by Crippen LogP contribution is -1.94. The summed E-state index contributed by atoms with van der Waals surface area (Å²) in [5.41, 5.74) is 0.979. The molecule has 5 nitrogen and oxygen atoms in total. The molecule has 2 aliphatic rings. The van der Waals surface area contributed by atoms with E-state index in [0.29, 0.717) is 16.1 Å². The van der Waals surface area contributed by atoms with Crippen molar-refractivity contribution in [2.75, 3.05) is 0 Å². The van der Waals surface area contributed by atoms with Gasteiger partial charge in [-0.15, -0.1) is 5.10 Å². The minimum atomic E-state index is 0.454. The van der Waals surface area contributed by atoms with Crippen LogP contribution in [0.15, 0.2) is 18.7 Å². The Kier molecular flexibility index (Phi) is 0.858. The third kappa shape index (κ3) is 0.540. The number of rotatable bonds is 0. The van der Waals surface area contributed by atoms with Crippen molar-refractivity contribution in [3.8, 4) is 11.4 Å². The number of fused-ring (bicyclic) bond motifs is 1. The summed E-state index contributed by atoms with van der Waals surface area (Å²) in [6.07, 6.45) is 4.08. The summed E-state index contributed by atoms with van der Waals surface area (Å²) in [6.45, 7) is 0. The van der Waals surface area contributed by atoms with E-state index in [-0.39, 0.29) is 0 Å². The molecule has 0 aromatic heterocycles. The van der Waals surface area contributed by atoms with E-state index >= 15 is 0 Å². The van der Waals surface area contributed by atoms with Gasteiger partial charge in [0, 0.05) is 0 Å². The Hall–Kier alpha value is -1.65. The molecular weight excluding hydrogens is 132 g/mol. The maximum atomic E-state index is 10.8. The van der Waals surface area contributed by atoms with Crippen LogP contribution < -0.4 is 0 Å². The van der Waals surface area contributed by atoms with Crippen molar-refractivity contribution in [1.82, 2.24) is 19.9 Å². The summed E-state index contributed by atoms with van der Waals surface area (Å²) in [5.74, 6) is 0. The maximum absolute atomic E-state index is 10.8. The Bertz CT molecular complexity index is 318. The van der Waals surface area contributed by atoms with E-state index in [9.17, 15) is 5.21 Å². The number of nitrogens with zero attached hydrogens (tertiary/aromatic N) is 4. The zero-order valence-electron chi connectivity index (χ0n) is 4.93. The van der Waals surface area contributed by atoms with Gasteiger partial charge in [-0.2, -0.15) is 5.10 Å². The lowest BCUT2D eigenvalue weighted by Gasteiger charge is -2.11.